The van der Waals surface area contributed by atoms with Crippen LogP contribution in [0.2, 0.25) is 0 Å². The van der Waals surface area contributed by atoms with Crippen molar-refractivity contribution in [2.75, 3.05) is 0 Å². The zero-order valence-corrected chi connectivity index (χ0v) is 30.1. The molecule has 0 saturated carbocycles. The van der Waals surface area contributed by atoms with E-state index in [1.54, 1.807) is 11.8 Å². The lowest BCUT2D eigenvalue weighted by Crippen LogP contribution is -1.97. The SMILES string of the molecule is c1ccc(-c2cccc(-n3c4ccccc4c4c(-n5c6ccccc6n6c7ccccc7nc56)cccc43)c2)cc1.c1ccc(Sc2ccccc2)cc1. The Labute approximate surface area is 317 Å². The molecule has 8 aromatic carbocycles. The summed E-state index contributed by atoms with van der Waals surface area (Å²) in [5.41, 5.74) is 11.4. The van der Waals surface area contributed by atoms with Crippen LogP contribution < -0.4 is 0 Å². The molecule has 11 aromatic rings. The number of nitrogens with zero attached hydrogens (tertiary/aromatic N) is 4. The topological polar surface area (TPSA) is 27.2 Å². The van der Waals surface area contributed by atoms with Gasteiger partial charge in [-0.15, -0.1) is 0 Å². The first-order chi connectivity index (χ1) is 26.8. The van der Waals surface area contributed by atoms with Crippen LogP contribution in [0.25, 0.3) is 72.2 Å². The van der Waals surface area contributed by atoms with Gasteiger partial charge in [0.15, 0.2) is 0 Å². The number of fused-ring (bicyclic) bond motifs is 8. The molecule has 5 heteroatoms. The smallest absolute Gasteiger partial charge is 0.220 e. The molecule has 0 N–H and O–H groups in total. The van der Waals surface area contributed by atoms with Gasteiger partial charge in [0.05, 0.1) is 38.8 Å². The third-order valence-corrected chi connectivity index (χ3v) is 11.0. The van der Waals surface area contributed by atoms with E-state index < -0.39 is 0 Å². The number of aromatic nitrogens is 4. The van der Waals surface area contributed by atoms with Gasteiger partial charge in [-0.05, 0) is 90.0 Å². The second kappa shape index (κ2) is 13.6. The first-order valence-corrected chi connectivity index (χ1v) is 19.0. The summed E-state index contributed by atoms with van der Waals surface area (Å²) in [7, 11) is 0. The molecule has 0 atom stereocenters. The Morgan fingerprint density at radius 2 is 0.944 bits per heavy atom. The maximum absolute atomic E-state index is 5.14. The van der Waals surface area contributed by atoms with Crippen LogP contribution in [0.4, 0.5) is 0 Å². The van der Waals surface area contributed by atoms with E-state index in [9.17, 15) is 0 Å². The summed E-state index contributed by atoms with van der Waals surface area (Å²) in [5, 5.41) is 2.43. The number of para-hydroxylation sites is 5. The van der Waals surface area contributed by atoms with Crippen molar-refractivity contribution in [2.24, 2.45) is 0 Å². The summed E-state index contributed by atoms with van der Waals surface area (Å²) in [6.07, 6.45) is 0. The molecule has 0 aliphatic rings. The van der Waals surface area contributed by atoms with Gasteiger partial charge in [0.25, 0.3) is 0 Å². The van der Waals surface area contributed by atoms with E-state index in [2.05, 4.69) is 208 Å². The number of rotatable bonds is 5. The summed E-state index contributed by atoms with van der Waals surface area (Å²) in [5.74, 6) is 0.919. The number of hydrogen-bond donors (Lipinski definition) is 0. The van der Waals surface area contributed by atoms with E-state index in [0.717, 1.165) is 39.2 Å². The van der Waals surface area contributed by atoms with Crippen molar-refractivity contribution >= 4 is 61.4 Å². The highest BCUT2D eigenvalue weighted by Crippen LogP contribution is 2.39. The lowest BCUT2D eigenvalue weighted by Gasteiger charge is -2.11. The molecule has 0 aliphatic heterocycles. The van der Waals surface area contributed by atoms with E-state index in [1.807, 2.05) is 12.1 Å². The van der Waals surface area contributed by atoms with Gasteiger partial charge in [0.1, 0.15) is 0 Å². The molecule has 4 nitrogen and oxygen atoms in total. The molecule has 0 spiro atoms. The zero-order valence-electron chi connectivity index (χ0n) is 29.3. The summed E-state index contributed by atoms with van der Waals surface area (Å²) < 4.78 is 7.01. The Kier molecular flexibility index (Phi) is 8.04. The van der Waals surface area contributed by atoms with E-state index in [1.165, 1.54) is 42.7 Å². The van der Waals surface area contributed by atoms with E-state index in [4.69, 9.17) is 4.98 Å². The molecule has 256 valence electrons. The molecule has 0 saturated heterocycles. The summed E-state index contributed by atoms with van der Waals surface area (Å²) in [6, 6.07) is 72.6. The quantitative estimate of drug-likeness (QED) is 0.178. The molecule has 0 unspecified atom stereocenters. The predicted molar refractivity (Wildman–Crippen MR) is 226 cm³/mol. The summed E-state index contributed by atoms with van der Waals surface area (Å²) in [6.45, 7) is 0. The third-order valence-electron chi connectivity index (χ3n) is 9.96. The van der Waals surface area contributed by atoms with Crippen molar-refractivity contribution in [2.45, 2.75) is 9.79 Å². The van der Waals surface area contributed by atoms with Crippen molar-refractivity contribution in [1.29, 1.82) is 0 Å². The fourth-order valence-corrected chi connectivity index (χ4v) is 8.48. The van der Waals surface area contributed by atoms with Gasteiger partial charge in [-0.3, -0.25) is 8.97 Å². The Morgan fingerprint density at radius 1 is 0.389 bits per heavy atom. The van der Waals surface area contributed by atoms with Crippen molar-refractivity contribution < 1.29 is 0 Å². The minimum atomic E-state index is 0.919. The highest BCUT2D eigenvalue weighted by Gasteiger charge is 2.21. The first-order valence-electron chi connectivity index (χ1n) is 18.1. The normalized spacial score (nSPS) is 11.4. The fourth-order valence-electron chi connectivity index (χ4n) is 7.62. The monoisotopic (exact) mass is 710 g/mol. The maximum atomic E-state index is 5.14. The molecule has 0 bridgehead atoms. The predicted octanol–water partition coefficient (Wildman–Crippen LogP) is 13.0. The average molecular weight is 711 g/mol. The first kappa shape index (κ1) is 31.9. The summed E-state index contributed by atoms with van der Waals surface area (Å²) >= 11 is 1.79. The lowest BCUT2D eigenvalue weighted by atomic mass is 10.1. The van der Waals surface area contributed by atoms with Crippen molar-refractivity contribution in [1.82, 2.24) is 18.5 Å². The van der Waals surface area contributed by atoms with Crippen LogP contribution in [-0.2, 0) is 0 Å². The Balaban J connectivity index is 0.000000235. The largest absolute Gasteiger partial charge is 0.309 e. The number of benzene rings is 8. The summed E-state index contributed by atoms with van der Waals surface area (Å²) in [4.78, 5) is 7.72. The fraction of sp³-hybridized carbons (Fsp3) is 0. The standard InChI is InChI=1S/C37H24N4.C12H10S/c1-2-12-25(13-3-1)26-14-10-15-27(24-26)39-30-18-6-4-16-28(30)36-34(39)22-11-23-35(36)41-33-21-9-8-20-32(33)40-31-19-7-5-17-29(31)38-37(40)41;1-3-7-11(8-4-1)13-12-9-5-2-6-10-12/h1-24H;1-10H. The minimum absolute atomic E-state index is 0.919. The Hall–Kier alpha value is -6.82. The van der Waals surface area contributed by atoms with Crippen LogP contribution in [0.1, 0.15) is 0 Å². The molecule has 3 heterocycles. The average Bonchev–Trinajstić information content (AvgIpc) is 3.89. The highest BCUT2D eigenvalue weighted by atomic mass is 32.2. The second-order valence-corrected chi connectivity index (χ2v) is 14.4. The van der Waals surface area contributed by atoms with Gasteiger partial charge in [0.2, 0.25) is 5.78 Å². The molecule has 54 heavy (non-hydrogen) atoms. The van der Waals surface area contributed by atoms with Crippen LogP contribution in [0.15, 0.2) is 216 Å². The lowest BCUT2D eigenvalue weighted by molar-refractivity contribution is 1.12. The van der Waals surface area contributed by atoms with Gasteiger partial charge in [0, 0.05) is 26.3 Å². The van der Waals surface area contributed by atoms with Crippen molar-refractivity contribution in [3.63, 3.8) is 0 Å². The van der Waals surface area contributed by atoms with Crippen LogP contribution in [0.3, 0.4) is 0 Å². The highest BCUT2D eigenvalue weighted by molar-refractivity contribution is 7.99. The van der Waals surface area contributed by atoms with Gasteiger partial charge >= 0.3 is 0 Å². The van der Waals surface area contributed by atoms with Crippen LogP contribution in [-0.4, -0.2) is 18.5 Å². The molecule has 3 aromatic heterocycles. The van der Waals surface area contributed by atoms with Crippen LogP contribution >= 0.6 is 11.8 Å². The molecular formula is C49H34N4S. The van der Waals surface area contributed by atoms with Gasteiger partial charge < -0.3 is 4.57 Å². The van der Waals surface area contributed by atoms with Gasteiger partial charge in [-0.25, -0.2) is 4.98 Å². The number of hydrogen-bond acceptors (Lipinski definition) is 2. The van der Waals surface area contributed by atoms with Crippen LogP contribution in [0, 0.1) is 0 Å². The van der Waals surface area contributed by atoms with Crippen molar-refractivity contribution in [3.8, 4) is 22.5 Å². The van der Waals surface area contributed by atoms with Crippen molar-refractivity contribution in [3.05, 3.63) is 206 Å². The second-order valence-electron chi connectivity index (χ2n) is 13.2. The molecule has 11 rings (SSSR count). The third kappa shape index (κ3) is 5.54. The Morgan fingerprint density at radius 3 is 1.69 bits per heavy atom. The minimum Gasteiger partial charge on any atom is -0.309 e. The van der Waals surface area contributed by atoms with E-state index in [0.29, 0.717) is 0 Å². The van der Waals surface area contributed by atoms with Gasteiger partial charge in [-0.1, -0.05) is 139 Å². The molecule has 0 aliphatic carbocycles. The zero-order chi connectivity index (χ0) is 35.8. The molecule has 0 amide bonds. The maximum Gasteiger partial charge on any atom is 0.220 e. The molecule has 0 fully saturated rings. The van der Waals surface area contributed by atoms with E-state index >= 15 is 0 Å². The van der Waals surface area contributed by atoms with Gasteiger partial charge in [-0.2, -0.15) is 0 Å². The van der Waals surface area contributed by atoms with Crippen LogP contribution in [0.5, 0.6) is 0 Å². The number of imidazole rings is 2. The molecular weight excluding hydrogens is 677 g/mol. The Bertz CT molecular complexity index is 3030. The van der Waals surface area contributed by atoms with E-state index in [-0.39, 0.29) is 0 Å². The molecule has 0 radical (unpaired) electrons.